The Balaban J connectivity index is 1.21. The van der Waals surface area contributed by atoms with E-state index in [1.54, 1.807) is 19.4 Å². The molecule has 0 unspecified atom stereocenters. The lowest BCUT2D eigenvalue weighted by Gasteiger charge is -2.17. The van der Waals surface area contributed by atoms with Crippen molar-refractivity contribution in [3.8, 4) is 22.8 Å². The van der Waals surface area contributed by atoms with Crippen molar-refractivity contribution in [3.63, 3.8) is 0 Å². The molecule has 0 spiro atoms. The standard InChI is InChI=1S/C34H49NO4S/c1-34(2,3)20-23-40-22-15-13-11-9-7-5-6-8-10-12-14-21-38-32-25-31-28(26-35-32)24-30(33(36)39-31)27-16-18-29(37-4)19-17-27/h16-19,24-26H,5-15,20-23H2,1-4H3. The van der Waals surface area contributed by atoms with Crippen LogP contribution in [-0.2, 0) is 0 Å². The summed E-state index contributed by atoms with van der Waals surface area (Å²) >= 11 is 2.13. The van der Waals surface area contributed by atoms with Crippen molar-refractivity contribution in [2.45, 2.75) is 97.8 Å². The van der Waals surface area contributed by atoms with E-state index in [1.807, 2.05) is 30.3 Å². The molecular formula is C34H49NO4S. The van der Waals surface area contributed by atoms with Crippen molar-refractivity contribution in [1.82, 2.24) is 4.98 Å². The minimum Gasteiger partial charge on any atom is -0.497 e. The highest BCUT2D eigenvalue weighted by Crippen LogP contribution is 2.25. The fourth-order valence-electron chi connectivity index (χ4n) is 4.60. The first-order chi connectivity index (χ1) is 19.4. The molecule has 0 fully saturated rings. The molecule has 40 heavy (non-hydrogen) atoms. The van der Waals surface area contributed by atoms with Crippen LogP contribution in [0.5, 0.6) is 11.6 Å². The number of unbranched alkanes of at least 4 members (excludes halogenated alkanes) is 10. The average molecular weight is 568 g/mol. The van der Waals surface area contributed by atoms with Gasteiger partial charge in [0.25, 0.3) is 0 Å². The number of aromatic nitrogens is 1. The fourth-order valence-corrected chi connectivity index (χ4v) is 5.97. The molecule has 0 aliphatic heterocycles. The van der Waals surface area contributed by atoms with Crippen LogP contribution in [0.25, 0.3) is 22.1 Å². The molecule has 3 aromatic rings. The van der Waals surface area contributed by atoms with Gasteiger partial charge in [-0.15, -0.1) is 0 Å². The number of methoxy groups -OCH3 is 1. The van der Waals surface area contributed by atoms with E-state index in [1.165, 1.54) is 82.1 Å². The summed E-state index contributed by atoms with van der Waals surface area (Å²) < 4.78 is 16.6. The van der Waals surface area contributed by atoms with Gasteiger partial charge in [-0.25, -0.2) is 9.78 Å². The van der Waals surface area contributed by atoms with Gasteiger partial charge in [-0.1, -0.05) is 90.7 Å². The first kappa shape index (κ1) is 32.0. The Kier molecular flexibility index (Phi) is 13.9. The third-order valence-electron chi connectivity index (χ3n) is 7.17. The van der Waals surface area contributed by atoms with Gasteiger partial charge in [-0.05, 0) is 59.9 Å². The Morgan fingerprint density at radius 1 is 0.825 bits per heavy atom. The molecule has 0 bridgehead atoms. The Hall–Kier alpha value is -2.47. The largest absolute Gasteiger partial charge is 0.497 e. The van der Waals surface area contributed by atoms with Gasteiger partial charge in [-0.2, -0.15) is 11.8 Å². The van der Waals surface area contributed by atoms with Gasteiger partial charge in [0.1, 0.15) is 11.3 Å². The summed E-state index contributed by atoms with van der Waals surface area (Å²) in [4.78, 5) is 17.0. The number of hydrogen-bond acceptors (Lipinski definition) is 6. The van der Waals surface area contributed by atoms with Gasteiger partial charge in [0, 0.05) is 17.6 Å². The van der Waals surface area contributed by atoms with Crippen molar-refractivity contribution in [1.29, 1.82) is 0 Å². The van der Waals surface area contributed by atoms with Gasteiger partial charge in [0.15, 0.2) is 0 Å². The molecule has 0 aliphatic carbocycles. The number of rotatable bonds is 19. The molecule has 0 saturated carbocycles. The van der Waals surface area contributed by atoms with Gasteiger partial charge in [0.2, 0.25) is 5.88 Å². The summed E-state index contributed by atoms with van der Waals surface area (Å²) in [6.45, 7) is 7.62. The number of hydrogen-bond donors (Lipinski definition) is 0. The molecule has 2 heterocycles. The van der Waals surface area contributed by atoms with Gasteiger partial charge < -0.3 is 13.9 Å². The Bertz CT molecular complexity index is 1180. The maximum Gasteiger partial charge on any atom is 0.344 e. The van der Waals surface area contributed by atoms with Crippen LogP contribution in [0.2, 0.25) is 0 Å². The number of thioether (sulfide) groups is 1. The van der Waals surface area contributed by atoms with E-state index in [9.17, 15) is 4.79 Å². The summed E-state index contributed by atoms with van der Waals surface area (Å²) in [5.74, 6) is 3.88. The average Bonchev–Trinajstić information content (AvgIpc) is 2.93. The van der Waals surface area contributed by atoms with Gasteiger partial charge in [0.05, 0.1) is 19.3 Å². The van der Waals surface area contributed by atoms with E-state index in [4.69, 9.17) is 13.9 Å². The Labute approximate surface area is 245 Å². The second-order valence-corrected chi connectivity index (χ2v) is 13.1. The molecule has 0 atom stereocenters. The predicted octanol–water partition coefficient (Wildman–Crippen LogP) is 9.70. The zero-order chi connectivity index (χ0) is 28.6. The smallest absolute Gasteiger partial charge is 0.344 e. The summed E-state index contributed by atoms with van der Waals surface area (Å²) in [6, 6.07) is 10.9. The monoisotopic (exact) mass is 567 g/mol. The van der Waals surface area contributed by atoms with E-state index in [0.717, 1.165) is 23.1 Å². The maximum absolute atomic E-state index is 12.6. The molecule has 6 heteroatoms. The molecule has 220 valence electrons. The van der Waals surface area contributed by atoms with Crippen LogP contribution in [-0.4, -0.2) is 30.2 Å². The van der Waals surface area contributed by atoms with E-state index in [-0.39, 0.29) is 5.63 Å². The fraction of sp³-hybridized carbons (Fsp3) is 0.588. The van der Waals surface area contributed by atoms with Crippen LogP contribution in [0.15, 0.2) is 51.8 Å². The highest BCUT2D eigenvalue weighted by Gasteiger charge is 2.10. The predicted molar refractivity (Wildman–Crippen MR) is 170 cm³/mol. The summed E-state index contributed by atoms with van der Waals surface area (Å²) in [6.07, 6.45) is 17.4. The summed E-state index contributed by atoms with van der Waals surface area (Å²) in [7, 11) is 1.62. The summed E-state index contributed by atoms with van der Waals surface area (Å²) in [5.41, 5.74) is 1.87. The van der Waals surface area contributed by atoms with E-state index >= 15 is 0 Å². The SMILES string of the molecule is COc1ccc(-c2cc3cnc(OCCCCCCCCCCCCCSCCC(C)(C)C)cc3oc2=O)cc1. The molecule has 5 nitrogen and oxygen atoms in total. The van der Waals surface area contributed by atoms with Gasteiger partial charge >= 0.3 is 5.63 Å². The van der Waals surface area contributed by atoms with E-state index in [2.05, 4.69) is 37.5 Å². The molecule has 0 saturated heterocycles. The maximum atomic E-state index is 12.6. The highest BCUT2D eigenvalue weighted by molar-refractivity contribution is 7.99. The minimum absolute atomic E-state index is 0.379. The number of ether oxygens (including phenoxy) is 2. The molecule has 0 aliphatic rings. The number of fused-ring (bicyclic) bond motifs is 1. The van der Waals surface area contributed by atoms with Crippen LogP contribution < -0.4 is 15.1 Å². The van der Waals surface area contributed by atoms with Crippen molar-refractivity contribution >= 4 is 22.7 Å². The van der Waals surface area contributed by atoms with Crippen LogP contribution >= 0.6 is 11.8 Å². The first-order valence-electron chi connectivity index (χ1n) is 15.1. The van der Waals surface area contributed by atoms with Gasteiger partial charge in [-0.3, -0.25) is 0 Å². The van der Waals surface area contributed by atoms with Crippen LogP contribution in [0.1, 0.15) is 97.8 Å². The Morgan fingerprint density at radius 3 is 2.08 bits per heavy atom. The normalized spacial score (nSPS) is 11.7. The lowest BCUT2D eigenvalue weighted by molar-refractivity contribution is 0.293. The third-order valence-corrected chi connectivity index (χ3v) is 8.24. The topological polar surface area (TPSA) is 61.6 Å². The first-order valence-corrected chi connectivity index (χ1v) is 16.3. The highest BCUT2D eigenvalue weighted by atomic mass is 32.2. The zero-order valence-electron chi connectivity index (χ0n) is 25.1. The number of benzene rings is 1. The second-order valence-electron chi connectivity index (χ2n) is 11.9. The molecule has 0 radical (unpaired) electrons. The molecule has 0 N–H and O–H groups in total. The lowest BCUT2D eigenvalue weighted by Crippen LogP contribution is -2.06. The number of nitrogens with zero attached hydrogens (tertiary/aromatic N) is 1. The molecular weight excluding hydrogens is 518 g/mol. The molecule has 2 aromatic heterocycles. The van der Waals surface area contributed by atoms with Crippen molar-refractivity contribution in [3.05, 3.63) is 53.0 Å². The quantitative estimate of drug-likeness (QED) is 0.134. The molecule has 3 rings (SSSR count). The van der Waals surface area contributed by atoms with Crippen molar-refractivity contribution in [2.75, 3.05) is 25.2 Å². The van der Waals surface area contributed by atoms with Crippen LogP contribution in [0.4, 0.5) is 0 Å². The number of pyridine rings is 1. The third kappa shape index (κ3) is 12.0. The van der Waals surface area contributed by atoms with E-state index < -0.39 is 0 Å². The van der Waals surface area contributed by atoms with Crippen LogP contribution in [0, 0.1) is 5.41 Å². The Morgan fingerprint density at radius 2 is 1.45 bits per heavy atom. The minimum atomic E-state index is -0.379. The van der Waals surface area contributed by atoms with Crippen molar-refractivity contribution in [2.24, 2.45) is 5.41 Å². The van der Waals surface area contributed by atoms with E-state index in [0.29, 0.717) is 29.0 Å². The van der Waals surface area contributed by atoms with Crippen LogP contribution in [0.3, 0.4) is 0 Å². The second kappa shape index (κ2) is 17.4. The van der Waals surface area contributed by atoms with Crippen molar-refractivity contribution < 1.29 is 13.9 Å². The molecule has 0 amide bonds. The zero-order valence-corrected chi connectivity index (χ0v) is 26.0. The summed E-state index contributed by atoms with van der Waals surface area (Å²) in [5, 5.41) is 0.767. The lowest BCUT2D eigenvalue weighted by atomic mass is 9.94. The molecule has 1 aromatic carbocycles.